The minimum Gasteiger partial charge on any atom is -0.456 e. The Morgan fingerprint density at radius 1 is 0.500 bits per heavy atom. The second kappa shape index (κ2) is 52.8. The summed E-state index contributed by atoms with van der Waals surface area (Å²) >= 11 is 0. The minimum absolute atomic E-state index is 0.0217. The van der Waals surface area contributed by atoms with Crippen LogP contribution in [0.15, 0.2) is 122 Å². The van der Waals surface area contributed by atoms with Gasteiger partial charge in [-0.15, -0.1) is 0 Å². The van der Waals surface area contributed by atoms with Gasteiger partial charge in [0.1, 0.15) is 19.3 Å². The molecule has 9 nitrogen and oxygen atoms in total. The molecular weight excluding hydrogens is 940 g/mol. The first-order chi connectivity index (χ1) is 35.9. The Kier molecular flexibility index (Phi) is 50.3. The number of amides is 1. The summed E-state index contributed by atoms with van der Waals surface area (Å²) in [5.41, 5.74) is 0. The second-order valence-corrected chi connectivity index (χ2v) is 22.0. The molecule has 0 bridgehead atoms. The number of hydrogen-bond acceptors (Lipinski definition) is 6. The van der Waals surface area contributed by atoms with Gasteiger partial charge in [0.2, 0.25) is 5.91 Å². The van der Waals surface area contributed by atoms with Crippen molar-refractivity contribution in [3.8, 4) is 0 Å². The Balaban J connectivity index is 5.44. The molecule has 0 saturated heterocycles. The lowest BCUT2D eigenvalue weighted by atomic mass is 10.0. The highest BCUT2D eigenvalue weighted by molar-refractivity contribution is 7.47. The highest BCUT2D eigenvalue weighted by Crippen LogP contribution is 2.43. The summed E-state index contributed by atoms with van der Waals surface area (Å²) in [6.07, 6.45) is 73.3. The summed E-state index contributed by atoms with van der Waals surface area (Å²) in [7, 11) is 1.44. The van der Waals surface area contributed by atoms with E-state index in [1.807, 2.05) is 94.1 Å². The lowest BCUT2D eigenvalue weighted by Crippen LogP contribution is -2.47. The van der Waals surface area contributed by atoms with Crippen molar-refractivity contribution in [3.63, 3.8) is 0 Å². The molecule has 422 valence electrons. The standard InChI is InChI=1S/C64H109N2O7P/c1-7-10-13-16-19-22-25-28-30-32-33-35-37-39-42-45-48-51-54-57-64(68)73-62(55-52-49-46-43-40-27-24-21-18-15-12-9-3)61(60-72-74(69,70)71-59-58-66(4,5)6)65-63(67)56-53-50-47-44-41-38-36-34-31-29-26-23-20-17-14-11-8-2/h11,14,17,19-20,22-23,26,28-31,33-36,38,41,52,55,61-62H,7-10,12-13,15-16,18,21,24-25,27,32,37,39-40,42-51,53-54,56-60H2,1-6H3,(H-,65,67,69,70)/p+1/b14-11-,20-17+,22-19-,26-23+,30-28-,31-29-,35-33-,36-34+,41-38+,55-52+. The van der Waals surface area contributed by atoms with Crippen molar-refractivity contribution >= 4 is 19.7 Å². The van der Waals surface area contributed by atoms with E-state index in [0.717, 1.165) is 96.3 Å². The first kappa shape index (κ1) is 70.4. The summed E-state index contributed by atoms with van der Waals surface area (Å²) in [5.74, 6) is -0.580. The van der Waals surface area contributed by atoms with Gasteiger partial charge >= 0.3 is 13.8 Å². The third kappa shape index (κ3) is 53.2. The van der Waals surface area contributed by atoms with Crippen molar-refractivity contribution in [1.82, 2.24) is 5.32 Å². The number of hydrogen-bond donors (Lipinski definition) is 2. The molecule has 74 heavy (non-hydrogen) atoms. The van der Waals surface area contributed by atoms with E-state index in [9.17, 15) is 19.0 Å². The summed E-state index contributed by atoms with van der Waals surface area (Å²) in [5, 5.41) is 3.02. The quantitative estimate of drug-likeness (QED) is 0.0156. The molecule has 0 aliphatic carbocycles. The molecule has 0 aromatic rings. The smallest absolute Gasteiger partial charge is 0.456 e. The number of rotatable bonds is 51. The van der Waals surface area contributed by atoms with Crippen LogP contribution < -0.4 is 5.32 Å². The first-order valence-electron chi connectivity index (χ1n) is 29.4. The van der Waals surface area contributed by atoms with Gasteiger partial charge in [0, 0.05) is 12.8 Å². The zero-order valence-corrected chi connectivity index (χ0v) is 48.9. The fraction of sp³-hybridized carbons (Fsp3) is 0.656. The van der Waals surface area contributed by atoms with E-state index in [0.29, 0.717) is 23.9 Å². The summed E-state index contributed by atoms with van der Waals surface area (Å²) < 4.78 is 30.6. The number of unbranched alkanes of at least 4 members (excludes halogenated alkanes) is 22. The molecule has 0 aromatic carbocycles. The van der Waals surface area contributed by atoms with Gasteiger partial charge in [0.05, 0.1) is 33.8 Å². The number of carbonyl (C=O) groups excluding carboxylic acids is 2. The second-order valence-electron chi connectivity index (χ2n) is 20.6. The van der Waals surface area contributed by atoms with Crippen LogP contribution in [0, 0.1) is 0 Å². The molecule has 0 fully saturated rings. The topological polar surface area (TPSA) is 111 Å². The molecule has 0 heterocycles. The van der Waals surface area contributed by atoms with Crippen LogP contribution in [0.2, 0.25) is 0 Å². The van der Waals surface area contributed by atoms with Crippen LogP contribution in [0.1, 0.15) is 220 Å². The number of allylic oxidation sites excluding steroid dienone is 19. The number of carbonyl (C=O) groups is 2. The van der Waals surface area contributed by atoms with Crippen LogP contribution in [0.25, 0.3) is 0 Å². The normalized spacial score (nSPS) is 14.6. The number of esters is 1. The Morgan fingerprint density at radius 3 is 1.46 bits per heavy atom. The average molecular weight is 1050 g/mol. The van der Waals surface area contributed by atoms with Crippen molar-refractivity contribution < 1.29 is 37.3 Å². The Hall–Kier alpha value is -3.59. The van der Waals surface area contributed by atoms with Crippen molar-refractivity contribution in [2.24, 2.45) is 0 Å². The molecule has 0 rings (SSSR count). The van der Waals surface area contributed by atoms with Crippen molar-refractivity contribution in [2.75, 3.05) is 40.9 Å². The van der Waals surface area contributed by atoms with Crippen LogP contribution in [0.5, 0.6) is 0 Å². The molecule has 0 aliphatic heterocycles. The van der Waals surface area contributed by atoms with Gasteiger partial charge in [-0.2, -0.15) is 0 Å². The number of quaternary nitrogens is 1. The Labute approximate surface area is 454 Å². The molecule has 3 unspecified atom stereocenters. The number of phosphoric ester groups is 1. The van der Waals surface area contributed by atoms with E-state index in [-0.39, 0.29) is 37.9 Å². The molecule has 0 radical (unpaired) electrons. The fourth-order valence-electron chi connectivity index (χ4n) is 7.74. The van der Waals surface area contributed by atoms with Crippen LogP contribution >= 0.6 is 7.82 Å². The van der Waals surface area contributed by atoms with E-state index in [1.165, 1.54) is 77.0 Å². The molecule has 0 saturated carbocycles. The zero-order valence-electron chi connectivity index (χ0n) is 48.0. The van der Waals surface area contributed by atoms with Gasteiger partial charge in [0.25, 0.3) is 0 Å². The number of likely N-dealkylation sites (N-methyl/N-ethyl adjacent to an activating group) is 1. The van der Waals surface area contributed by atoms with E-state index < -0.39 is 20.0 Å². The van der Waals surface area contributed by atoms with Crippen molar-refractivity contribution in [2.45, 2.75) is 232 Å². The van der Waals surface area contributed by atoms with Crippen LogP contribution in [-0.2, 0) is 27.9 Å². The van der Waals surface area contributed by atoms with Gasteiger partial charge in [-0.3, -0.25) is 18.6 Å². The predicted octanol–water partition coefficient (Wildman–Crippen LogP) is 17.9. The molecule has 1 amide bonds. The summed E-state index contributed by atoms with van der Waals surface area (Å²) in [6.45, 7) is 6.77. The van der Waals surface area contributed by atoms with Crippen LogP contribution in [0.4, 0.5) is 0 Å². The van der Waals surface area contributed by atoms with Crippen LogP contribution in [-0.4, -0.2) is 74.3 Å². The highest BCUT2D eigenvalue weighted by Gasteiger charge is 2.30. The lowest BCUT2D eigenvalue weighted by Gasteiger charge is -2.27. The maximum absolute atomic E-state index is 13.5. The minimum atomic E-state index is -4.47. The number of phosphoric acid groups is 1. The zero-order chi connectivity index (χ0) is 54.3. The third-order valence-corrected chi connectivity index (χ3v) is 13.3. The number of nitrogens with one attached hydrogen (secondary N) is 1. The summed E-state index contributed by atoms with van der Waals surface area (Å²) in [4.78, 5) is 37.6. The van der Waals surface area contributed by atoms with E-state index >= 15 is 0 Å². The largest absolute Gasteiger partial charge is 0.472 e. The fourth-order valence-corrected chi connectivity index (χ4v) is 8.48. The van der Waals surface area contributed by atoms with E-state index in [4.69, 9.17) is 13.8 Å². The van der Waals surface area contributed by atoms with Gasteiger partial charge in [-0.25, -0.2) is 4.57 Å². The lowest BCUT2D eigenvalue weighted by molar-refractivity contribution is -0.870. The maximum Gasteiger partial charge on any atom is 0.472 e. The molecule has 0 aliphatic rings. The summed E-state index contributed by atoms with van der Waals surface area (Å²) in [6, 6.07) is -0.885. The maximum atomic E-state index is 13.5. The number of nitrogens with zero attached hydrogens (tertiary/aromatic N) is 1. The van der Waals surface area contributed by atoms with Crippen LogP contribution in [0.3, 0.4) is 0 Å². The van der Waals surface area contributed by atoms with E-state index in [2.05, 4.69) is 74.7 Å². The molecule has 0 aromatic heterocycles. The predicted molar refractivity (Wildman–Crippen MR) is 318 cm³/mol. The van der Waals surface area contributed by atoms with Gasteiger partial charge in [0.15, 0.2) is 0 Å². The Bertz CT molecular complexity index is 1680. The van der Waals surface area contributed by atoms with Crippen molar-refractivity contribution in [1.29, 1.82) is 0 Å². The third-order valence-electron chi connectivity index (χ3n) is 12.3. The average Bonchev–Trinajstić information content (AvgIpc) is 3.36. The molecular formula is C64H110N2O7P+. The molecule has 0 spiro atoms. The monoisotopic (exact) mass is 1050 g/mol. The van der Waals surface area contributed by atoms with Gasteiger partial charge < -0.3 is 19.4 Å². The van der Waals surface area contributed by atoms with Gasteiger partial charge in [-0.05, 0) is 89.5 Å². The van der Waals surface area contributed by atoms with Gasteiger partial charge in [-0.1, -0.05) is 239 Å². The molecule has 2 N–H and O–H groups in total. The first-order valence-corrected chi connectivity index (χ1v) is 30.9. The highest BCUT2D eigenvalue weighted by atomic mass is 31.2. The van der Waals surface area contributed by atoms with Crippen molar-refractivity contribution in [3.05, 3.63) is 122 Å². The Morgan fingerprint density at radius 2 is 0.919 bits per heavy atom. The molecule has 3 atom stereocenters. The SMILES string of the molecule is CC\C=C/C=C/C=C/C=C\C=C\C=C\CCCCCC(=O)NC(COP(=O)(O)OCC[N+](C)(C)C)C(/C=C/CCCCCCCCCCCC)OC(=O)CCCCCCCC/C=C\C/C=C\C/C=C\CCCCC. The van der Waals surface area contributed by atoms with E-state index in [1.54, 1.807) is 0 Å². The number of ether oxygens (including phenoxy) is 1. The molecule has 10 heteroatoms.